The van der Waals surface area contributed by atoms with Gasteiger partial charge < -0.3 is 5.11 Å². The molecule has 0 aromatic rings. The number of Topliss-reactive ketones (excluding diaryl/α,β-unsaturated/α-hetero) is 1. The molecule has 0 aliphatic rings. The Morgan fingerprint density at radius 3 is 2.30 bits per heavy atom. The van der Waals surface area contributed by atoms with E-state index in [1.807, 2.05) is 0 Å². The highest BCUT2D eigenvalue weighted by Gasteiger charge is 2.29. The molecular weight excluding hydrogens is 135 g/mol. The molecule has 10 heavy (non-hydrogen) atoms. The largest absolute Gasteiger partial charge is 0.387 e. The van der Waals surface area contributed by atoms with Crippen molar-refractivity contribution in [1.29, 1.82) is 0 Å². The number of carbonyl (C=O) groups excluding carboxylic acids is 1. The average molecular weight is 148 g/mol. The summed E-state index contributed by atoms with van der Waals surface area (Å²) in [4.78, 5) is 10.4. The molecule has 2 unspecified atom stereocenters. The third-order valence-corrected chi connectivity index (χ3v) is 1.46. The predicted octanol–water partition coefficient (Wildman–Crippen LogP) is 1.07. The third-order valence-electron chi connectivity index (χ3n) is 1.46. The van der Waals surface area contributed by atoms with Crippen molar-refractivity contribution in [2.24, 2.45) is 0 Å². The summed E-state index contributed by atoms with van der Waals surface area (Å²) in [6, 6.07) is 0. The van der Waals surface area contributed by atoms with E-state index in [0.717, 1.165) is 0 Å². The van der Waals surface area contributed by atoms with Gasteiger partial charge in [0.15, 0.2) is 0 Å². The zero-order chi connectivity index (χ0) is 8.36. The number of ketones is 1. The topological polar surface area (TPSA) is 37.3 Å². The molecule has 60 valence electrons. The summed E-state index contributed by atoms with van der Waals surface area (Å²) < 4.78 is 12.4. The summed E-state index contributed by atoms with van der Waals surface area (Å²) in [6.07, 6.45) is -1.48. The molecule has 3 heteroatoms. The Labute approximate surface area is 60.1 Å². The van der Waals surface area contributed by atoms with Crippen LogP contribution in [0.15, 0.2) is 0 Å². The van der Waals surface area contributed by atoms with E-state index in [9.17, 15) is 9.18 Å². The van der Waals surface area contributed by atoms with Crippen LogP contribution in [-0.2, 0) is 4.79 Å². The lowest BCUT2D eigenvalue weighted by Gasteiger charge is -2.22. The van der Waals surface area contributed by atoms with Gasteiger partial charge in [-0.15, -0.1) is 0 Å². The monoisotopic (exact) mass is 148 g/mol. The SMILES string of the molecule is CC(=O)CC(C)(O)C(C)F. The van der Waals surface area contributed by atoms with Crippen LogP contribution in [0.25, 0.3) is 0 Å². The molecule has 0 aliphatic heterocycles. The first kappa shape index (κ1) is 9.56. The van der Waals surface area contributed by atoms with Gasteiger partial charge in [0.2, 0.25) is 0 Å². The summed E-state index contributed by atoms with van der Waals surface area (Å²) in [5.41, 5.74) is -1.49. The number of halogens is 1. The molecular formula is C7H13FO2. The lowest BCUT2D eigenvalue weighted by Crippen LogP contribution is -2.36. The number of alkyl halides is 1. The minimum Gasteiger partial charge on any atom is -0.387 e. The van der Waals surface area contributed by atoms with Crippen LogP contribution < -0.4 is 0 Å². The van der Waals surface area contributed by atoms with Crippen molar-refractivity contribution in [1.82, 2.24) is 0 Å². The highest BCUT2D eigenvalue weighted by Crippen LogP contribution is 2.17. The molecule has 0 heterocycles. The van der Waals surface area contributed by atoms with Crippen LogP contribution in [0.4, 0.5) is 4.39 Å². The maximum atomic E-state index is 12.4. The summed E-state index contributed by atoms with van der Waals surface area (Å²) in [6.45, 7) is 3.89. The van der Waals surface area contributed by atoms with Gasteiger partial charge in [-0.25, -0.2) is 4.39 Å². The van der Waals surface area contributed by atoms with Gasteiger partial charge in [0.1, 0.15) is 12.0 Å². The number of aliphatic hydroxyl groups is 1. The summed E-state index contributed by atoms with van der Waals surface area (Å²) >= 11 is 0. The number of hydrogen-bond donors (Lipinski definition) is 1. The molecule has 1 N–H and O–H groups in total. The van der Waals surface area contributed by atoms with E-state index in [2.05, 4.69) is 0 Å². The molecule has 0 aromatic carbocycles. The van der Waals surface area contributed by atoms with Gasteiger partial charge in [-0.05, 0) is 20.8 Å². The Kier molecular flexibility index (Phi) is 2.96. The van der Waals surface area contributed by atoms with Crippen LogP contribution in [0.3, 0.4) is 0 Å². The second-order valence-corrected chi connectivity index (χ2v) is 2.85. The average Bonchev–Trinajstić information content (AvgIpc) is 1.60. The van der Waals surface area contributed by atoms with E-state index >= 15 is 0 Å². The second-order valence-electron chi connectivity index (χ2n) is 2.85. The maximum absolute atomic E-state index is 12.4. The van der Waals surface area contributed by atoms with Gasteiger partial charge >= 0.3 is 0 Å². The molecule has 0 bridgehead atoms. The molecule has 0 aliphatic carbocycles. The predicted molar refractivity (Wildman–Crippen MR) is 36.5 cm³/mol. The van der Waals surface area contributed by atoms with Crippen LogP contribution >= 0.6 is 0 Å². The van der Waals surface area contributed by atoms with Crippen LogP contribution in [0.2, 0.25) is 0 Å². The number of hydrogen-bond acceptors (Lipinski definition) is 2. The second kappa shape index (κ2) is 3.10. The lowest BCUT2D eigenvalue weighted by molar-refractivity contribution is -0.123. The van der Waals surface area contributed by atoms with E-state index in [1.165, 1.54) is 20.8 Å². The van der Waals surface area contributed by atoms with Crippen LogP contribution in [-0.4, -0.2) is 22.7 Å². The minimum absolute atomic E-state index is 0.120. The highest BCUT2D eigenvalue weighted by molar-refractivity contribution is 5.76. The van der Waals surface area contributed by atoms with Crippen molar-refractivity contribution >= 4 is 5.78 Å². The molecule has 0 amide bonds. The first-order chi connectivity index (χ1) is 4.36. The van der Waals surface area contributed by atoms with Gasteiger partial charge in [-0.2, -0.15) is 0 Å². The first-order valence-electron chi connectivity index (χ1n) is 3.22. The van der Waals surface area contributed by atoms with Crippen molar-refractivity contribution in [3.8, 4) is 0 Å². The zero-order valence-electron chi connectivity index (χ0n) is 6.52. The summed E-state index contributed by atoms with van der Waals surface area (Å²) in [5, 5.41) is 9.17. The maximum Gasteiger partial charge on any atom is 0.132 e. The van der Waals surface area contributed by atoms with Gasteiger partial charge in [0.05, 0.1) is 5.60 Å². The normalized spacial score (nSPS) is 19.7. The smallest absolute Gasteiger partial charge is 0.132 e. The molecule has 0 fully saturated rings. The third kappa shape index (κ3) is 2.92. The first-order valence-corrected chi connectivity index (χ1v) is 3.22. The minimum atomic E-state index is -1.49. The molecule has 2 nitrogen and oxygen atoms in total. The van der Waals surface area contributed by atoms with E-state index in [-0.39, 0.29) is 12.2 Å². The van der Waals surface area contributed by atoms with E-state index in [4.69, 9.17) is 5.11 Å². The van der Waals surface area contributed by atoms with E-state index in [1.54, 1.807) is 0 Å². The molecule has 0 aromatic heterocycles. The fourth-order valence-corrected chi connectivity index (χ4v) is 0.645. The van der Waals surface area contributed by atoms with Crippen molar-refractivity contribution in [3.05, 3.63) is 0 Å². The Morgan fingerprint density at radius 2 is 2.20 bits per heavy atom. The molecule has 0 saturated carbocycles. The number of rotatable bonds is 3. The molecule has 0 rings (SSSR count). The van der Waals surface area contributed by atoms with Crippen molar-refractivity contribution in [2.45, 2.75) is 39.0 Å². The summed E-state index contributed by atoms with van der Waals surface area (Å²) in [7, 11) is 0. The van der Waals surface area contributed by atoms with E-state index in [0.29, 0.717) is 0 Å². The van der Waals surface area contributed by atoms with Crippen LogP contribution in [0.5, 0.6) is 0 Å². The van der Waals surface area contributed by atoms with E-state index < -0.39 is 11.8 Å². The standard InChI is InChI=1S/C7H13FO2/c1-5(9)4-7(3,10)6(2)8/h6,10H,4H2,1-3H3. The quantitative estimate of drug-likeness (QED) is 0.650. The molecule has 0 radical (unpaired) electrons. The van der Waals surface area contributed by atoms with Crippen molar-refractivity contribution < 1.29 is 14.3 Å². The Balaban J connectivity index is 3.99. The molecule has 2 atom stereocenters. The Morgan fingerprint density at radius 1 is 1.80 bits per heavy atom. The van der Waals surface area contributed by atoms with Gasteiger partial charge in [0, 0.05) is 6.42 Å². The fraction of sp³-hybridized carbons (Fsp3) is 0.857. The Bertz CT molecular complexity index is 130. The Hall–Kier alpha value is -0.440. The number of carbonyl (C=O) groups is 1. The van der Waals surface area contributed by atoms with Gasteiger partial charge in [-0.3, -0.25) is 4.79 Å². The summed E-state index contributed by atoms with van der Waals surface area (Å²) in [5.74, 6) is -0.200. The van der Waals surface area contributed by atoms with Crippen LogP contribution in [0.1, 0.15) is 27.2 Å². The molecule has 0 spiro atoms. The lowest BCUT2D eigenvalue weighted by atomic mass is 9.95. The van der Waals surface area contributed by atoms with Gasteiger partial charge in [0.25, 0.3) is 0 Å². The van der Waals surface area contributed by atoms with Crippen LogP contribution in [0, 0.1) is 0 Å². The van der Waals surface area contributed by atoms with Crippen molar-refractivity contribution in [2.75, 3.05) is 0 Å². The van der Waals surface area contributed by atoms with Gasteiger partial charge in [-0.1, -0.05) is 0 Å². The molecule has 0 saturated heterocycles. The highest BCUT2D eigenvalue weighted by atomic mass is 19.1. The zero-order valence-corrected chi connectivity index (χ0v) is 6.52. The fourth-order valence-electron chi connectivity index (χ4n) is 0.645. The van der Waals surface area contributed by atoms with Crippen molar-refractivity contribution in [3.63, 3.8) is 0 Å².